The Balaban J connectivity index is 1.66. The van der Waals surface area contributed by atoms with Crippen LogP contribution in [0.3, 0.4) is 0 Å². The van der Waals surface area contributed by atoms with E-state index in [9.17, 15) is 0 Å². The van der Waals surface area contributed by atoms with Gasteiger partial charge in [-0.2, -0.15) is 15.0 Å². The highest BCUT2D eigenvalue weighted by atomic mass is 16.5. The van der Waals surface area contributed by atoms with E-state index < -0.39 is 0 Å². The lowest BCUT2D eigenvalue weighted by Crippen LogP contribution is -2.38. The van der Waals surface area contributed by atoms with Crippen LogP contribution in [0, 0.1) is 6.92 Å². The largest absolute Gasteiger partial charge is 0.462 e. The summed E-state index contributed by atoms with van der Waals surface area (Å²) in [5.74, 6) is 1.12. The number of hydrogen-bond acceptors (Lipinski definition) is 9. The fourth-order valence-electron chi connectivity index (χ4n) is 3.09. The van der Waals surface area contributed by atoms with E-state index in [-0.39, 0.29) is 0 Å². The lowest BCUT2D eigenvalue weighted by molar-refractivity contribution is 0.0317. The molecule has 0 N–H and O–H groups in total. The van der Waals surface area contributed by atoms with Crippen molar-refractivity contribution < 1.29 is 14.2 Å². The molecule has 0 spiro atoms. The van der Waals surface area contributed by atoms with Gasteiger partial charge in [-0.1, -0.05) is 29.8 Å². The molecule has 0 atom stereocenters. The molecule has 0 unspecified atom stereocenters. The summed E-state index contributed by atoms with van der Waals surface area (Å²) >= 11 is 0. The van der Waals surface area contributed by atoms with Gasteiger partial charge in [-0.3, -0.25) is 9.89 Å². The Morgan fingerprint density at radius 1 is 1.19 bits per heavy atom. The van der Waals surface area contributed by atoms with Crippen LogP contribution < -0.4 is 9.64 Å². The highest BCUT2D eigenvalue weighted by molar-refractivity contribution is 5.79. The second-order valence-electron chi connectivity index (χ2n) is 7.43. The fourth-order valence-corrected chi connectivity index (χ4v) is 3.09. The number of benzene rings is 1. The Kier molecular flexibility index (Phi) is 9.14. The molecule has 1 aliphatic heterocycles. The van der Waals surface area contributed by atoms with Crippen molar-refractivity contribution in [2.45, 2.75) is 13.5 Å². The molecule has 1 aliphatic rings. The smallest absolute Gasteiger partial charge is 0.321 e. The molecular weight excluding hydrogens is 396 g/mol. The normalized spacial score (nSPS) is 14.8. The first-order valence-electron chi connectivity index (χ1n) is 10.6. The Hall–Kier alpha value is -2.62. The Labute approximate surface area is 184 Å². The predicted octanol–water partition coefficient (Wildman–Crippen LogP) is 1.59. The zero-order chi connectivity index (χ0) is 21.9. The Morgan fingerprint density at radius 2 is 2.03 bits per heavy atom. The SMILES string of the molecule is COCCN(C)c1nc(CN=Cc2cccc(C)c2)nc(OCCN2CCOCC2)n1. The van der Waals surface area contributed by atoms with Crippen LogP contribution in [0.2, 0.25) is 0 Å². The first-order valence-corrected chi connectivity index (χ1v) is 10.6. The van der Waals surface area contributed by atoms with Gasteiger partial charge in [-0.15, -0.1) is 0 Å². The number of aryl methyl sites for hydroxylation is 1. The van der Waals surface area contributed by atoms with Crippen LogP contribution in [0.15, 0.2) is 29.3 Å². The average molecular weight is 429 g/mol. The summed E-state index contributed by atoms with van der Waals surface area (Å²) in [6.45, 7) is 8.35. The molecule has 0 radical (unpaired) electrons. The predicted molar refractivity (Wildman–Crippen MR) is 120 cm³/mol. The molecule has 0 amide bonds. The van der Waals surface area contributed by atoms with Gasteiger partial charge in [0.2, 0.25) is 5.95 Å². The summed E-state index contributed by atoms with van der Waals surface area (Å²) in [7, 11) is 3.60. The molecule has 0 saturated carbocycles. The summed E-state index contributed by atoms with van der Waals surface area (Å²) in [6.07, 6.45) is 1.84. The molecule has 9 heteroatoms. The number of nitrogens with zero attached hydrogens (tertiary/aromatic N) is 6. The minimum Gasteiger partial charge on any atom is -0.462 e. The molecule has 2 aromatic rings. The third-order valence-corrected chi connectivity index (χ3v) is 4.88. The van der Waals surface area contributed by atoms with Crippen molar-refractivity contribution in [2.75, 3.05) is 71.7 Å². The van der Waals surface area contributed by atoms with E-state index in [0.29, 0.717) is 44.1 Å². The molecule has 1 aromatic carbocycles. The molecular formula is C22H32N6O3. The van der Waals surface area contributed by atoms with Gasteiger partial charge in [0.1, 0.15) is 6.61 Å². The van der Waals surface area contributed by atoms with Crippen LogP contribution in [0.5, 0.6) is 6.01 Å². The molecule has 0 bridgehead atoms. The number of hydrogen-bond donors (Lipinski definition) is 0. The van der Waals surface area contributed by atoms with Crippen molar-refractivity contribution in [3.8, 4) is 6.01 Å². The van der Waals surface area contributed by atoms with Crippen molar-refractivity contribution in [3.05, 3.63) is 41.2 Å². The van der Waals surface area contributed by atoms with Crippen LogP contribution in [0.25, 0.3) is 0 Å². The summed E-state index contributed by atoms with van der Waals surface area (Å²) in [6, 6.07) is 8.51. The Bertz CT molecular complexity index is 842. The minimum absolute atomic E-state index is 0.322. The first-order chi connectivity index (χ1) is 15.1. The van der Waals surface area contributed by atoms with E-state index in [1.54, 1.807) is 7.11 Å². The van der Waals surface area contributed by atoms with Crippen LogP contribution in [0.4, 0.5) is 5.95 Å². The van der Waals surface area contributed by atoms with Gasteiger partial charge in [0.15, 0.2) is 5.82 Å². The summed E-state index contributed by atoms with van der Waals surface area (Å²) < 4.78 is 16.4. The summed E-state index contributed by atoms with van der Waals surface area (Å²) in [5, 5.41) is 0. The summed E-state index contributed by atoms with van der Waals surface area (Å²) in [5.41, 5.74) is 2.25. The number of rotatable bonds is 11. The molecule has 31 heavy (non-hydrogen) atoms. The first kappa shape index (κ1) is 23.1. The topological polar surface area (TPSA) is 85.2 Å². The van der Waals surface area contributed by atoms with Gasteiger partial charge in [-0.05, 0) is 12.5 Å². The number of methoxy groups -OCH3 is 1. The van der Waals surface area contributed by atoms with E-state index in [4.69, 9.17) is 14.2 Å². The second-order valence-corrected chi connectivity index (χ2v) is 7.43. The minimum atomic E-state index is 0.322. The molecule has 9 nitrogen and oxygen atoms in total. The zero-order valence-electron chi connectivity index (χ0n) is 18.7. The van der Waals surface area contributed by atoms with Crippen molar-refractivity contribution >= 4 is 12.2 Å². The number of aliphatic imine (C=N–C) groups is 1. The van der Waals surface area contributed by atoms with Crippen LogP contribution in [-0.4, -0.2) is 92.8 Å². The Morgan fingerprint density at radius 3 is 2.81 bits per heavy atom. The van der Waals surface area contributed by atoms with Gasteiger partial charge >= 0.3 is 6.01 Å². The van der Waals surface area contributed by atoms with Crippen LogP contribution in [-0.2, 0) is 16.0 Å². The molecule has 0 aliphatic carbocycles. The van der Waals surface area contributed by atoms with E-state index in [1.807, 2.05) is 30.3 Å². The van der Waals surface area contributed by atoms with Crippen molar-refractivity contribution in [3.63, 3.8) is 0 Å². The van der Waals surface area contributed by atoms with E-state index in [2.05, 4.69) is 43.9 Å². The average Bonchev–Trinajstić information content (AvgIpc) is 2.78. The van der Waals surface area contributed by atoms with Crippen molar-refractivity contribution in [1.29, 1.82) is 0 Å². The van der Waals surface area contributed by atoms with E-state index >= 15 is 0 Å². The third kappa shape index (κ3) is 7.86. The van der Waals surface area contributed by atoms with Crippen LogP contribution >= 0.6 is 0 Å². The molecule has 1 fully saturated rings. The highest BCUT2D eigenvalue weighted by Crippen LogP contribution is 2.12. The number of likely N-dealkylation sites (N-methyl/N-ethyl adjacent to an activating group) is 1. The number of morpholine rings is 1. The molecule has 168 valence electrons. The monoisotopic (exact) mass is 428 g/mol. The van der Waals surface area contributed by atoms with E-state index in [0.717, 1.165) is 38.4 Å². The number of ether oxygens (including phenoxy) is 3. The quantitative estimate of drug-likeness (QED) is 0.499. The third-order valence-electron chi connectivity index (χ3n) is 4.88. The van der Waals surface area contributed by atoms with Crippen LogP contribution in [0.1, 0.15) is 17.0 Å². The maximum Gasteiger partial charge on any atom is 0.321 e. The number of aromatic nitrogens is 3. The summed E-state index contributed by atoms with van der Waals surface area (Å²) in [4.78, 5) is 22.3. The lowest BCUT2D eigenvalue weighted by atomic mass is 10.2. The van der Waals surface area contributed by atoms with Crippen molar-refractivity contribution in [2.24, 2.45) is 4.99 Å². The number of anilines is 1. The van der Waals surface area contributed by atoms with Gasteiger partial charge in [0, 0.05) is 46.6 Å². The second kappa shape index (κ2) is 12.3. The molecule has 1 saturated heterocycles. The molecule has 3 rings (SSSR count). The molecule has 1 aromatic heterocycles. The fraction of sp³-hybridized carbons (Fsp3) is 0.545. The lowest BCUT2D eigenvalue weighted by Gasteiger charge is -2.26. The zero-order valence-corrected chi connectivity index (χ0v) is 18.7. The van der Waals surface area contributed by atoms with Gasteiger partial charge in [-0.25, -0.2) is 0 Å². The maximum atomic E-state index is 5.87. The molecule has 2 heterocycles. The van der Waals surface area contributed by atoms with Gasteiger partial charge in [0.25, 0.3) is 0 Å². The maximum absolute atomic E-state index is 5.87. The van der Waals surface area contributed by atoms with Gasteiger partial charge in [0.05, 0.1) is 26.4 Å². The van der Waals surface area contributed by atoms with Crippen molar-refractivity contribution in [1.82, 2.24) is 19.9 Å². The van der Waals surface area contributed by atoms with Gasteiger partial charge < -0.3 is 19.1 Å². The standard InChI is InChI=1S/C22H32N6O3/c1-18-5-4-6-19(15-18)16-23-17-20-24-21(27(2)7-11-29-3)26-22(25-20)31-14-10-28-8-12-30-13-9-28/h4-6,15-16H,7-14,17H2,1-3H3. The van der Waals surface area contributed by atoms with E-state index in [1.165, 1.54) is 5.56 Å². The highest BCUT2D eigenvalue weighted by Gasteiger charge is 2.13.